The highest BCUT2D eigenvalue weighted by Gasteiger charge is 2.30. The number of halogens is 3. The number of carbonyl (C=O) groups is 2. The number of rotatable bonds is 6. The van der Waals surface area contributed by atoms with Crippen molar-refractivity contribution in [3.63, 3.8) is 0 Å². The number of carbonyl (C=O) groups excluding carboxylic acids is 2. The molecule has 4 aromatic carbocycles. The fourth-order valence-corrected chi connectivity index (χ4v) is 4.40. The highest BCUT2D eigenvalue weighted by molar-refractivity contribution is 6.09. The third-order valence-electron chi connectivity index (χ3n) is 6.47. The van der Waals surface area contributed by atoms with Gasteiger partial charge in [-0.25, -0.2) is 0 Å². The summed E-state index contributed by atoms with van der Waals surface area (Å²) in [4.78, 5) is 29.1. The summed E-state index contributed by atoms with van der Waals surface area (Å²) in [6.45, 7) is 1.91. The second-order valence-electron chi connectivity index (χ2n) is 9.17. The van der Waals surface area contributed by atoms with Crippen molar-refractivity contribution in [3.8, 4) is 11.1 Å². The van der Waals surface area contributed by atoms with E-state index in [1.54, 1.807) is 48.5 Å². The van der Waals surface area contributed by atoms with Gasteiger partial charge < -0.3 is 15.6 Å². The molecule has 1 heterocycles. The van der Waals surface area contributed by atoms with Crippen LogP contribution >= 0.6 is 0 Å². The van der Waals surface area contributed by atoms with Crippen molar-refractivity contribution in [1.82, 2.24) is 10.3 Å². The van der Waals surface area contributed by atoms with Gasteiger partial charge in [0.25, 0.3) is 11.8 Å². The van der Waals surface area contributed by atoms with Crippen LogP contribution in [0.15, 0.2) is 103 Å². The zero-order valence-corrected chi connectivity index (χ0v) is 20.8. The van der Waals surface area contributed by atoms with E-state index in [4.69, 9.17) is 0 Å². The van der Waals surface area contributed by atoms with E-state index in [1.807, 2.05) is 37.3 Å². The first-order valence-electron chi connectivity index (χ1n) is 12.3. The lowest BCUT2D eigenvalue weighted by molar-refractivity contribution is -0.137. The van der Waals surface area contributed by atoms with Gasteiger partial charge in [0.05, 0.1) is 11.6 Å². The molecular formula is C31H24F3N3O2. The van der Waals surface area contributed by atoms with Crippen LogP contribution in [-0.4, -0.2) is 16.8 Å². The van der Waals surface area contributed by atoms with Crippen LogP contribution in [-0.2, 0) is 6.18 Å². The summed E-state index contributed by atoms with van der Waals surface area (Å²) >= 11 is 0. The van der Waals surface area contributed by atoms with Gasteiger partial charge in [-0.1, -0.05) is 60.7 Å². The number of aromatic amines is 1. The van der Waals surface area contributed by atoms with Crippen LogP contribution in [0.5, 0.6) is 0 Å². The molecule has 39 heavy (non-hydrogen) atoms. The van der Waals surface area contributed by atoms with E-state index in [0.29, 0.717) is 28.1 Å². The van der Waals surface area contributed by atoms with Crippen molar-refractivity contribution in [2.24, 2.45) is 0 Å². The normalized spacial score (nSPS) is 12.2. The summed E-state index contributed by atoms with van der Waals surface area (Å²) in [5, 5.41) is 6.57. The number of amides is 2. The van der Waals surface area contributed by atoms with Crippen molar-refractivity contribution in [2.75, 3.05) is 5.32 Å². The Balaban J connectivity index is 1.33. The lowest BCUT2D eigenvalue weighted by Crippen LogP contribution is -2.26. The molecule has 3 N–H and O–H groups in total. The molecule has 5 nitrogen and oxygen atoms in total. The Morgan fingerprint density at radius 3 is 2.21 bits per heavy atom. The van der Waals surface area contributed by atoms with Crippen LogP contribution in [0.25, 0.3) is 22.0 Å². The Labute approximate surface area is 222 Å². The van der Waals surface area contributed by atoms with Gasteiger partial charge >= 0.3 is 6.18 Å². The van der Waals surface area contributed by atoms with E-state index < -0.39 is 17.6 Å². The maximum atomic E-state index is 13.2. The molecule has 1 atom stereocenters. The van der Waals surface area contributed by atoms with Crippen molar-refractivity contribution in [3.05, 3.63) is 126 Å². The number of nitrogens with one attached hydrogen (secondary N) is 3. The van der Waals surface area contributed by atoms with E-state index in [0.717, 1.165) is 28.6 Å². The minimum Gasteiger partial charge on any atom is -0.351 e. The lowest BCUT2D eigenvalue weighted by Gasteiger charge is -2.13. The fraction of sp³-hybridized carbons (Fsp3) is 0.0968. The number of anilines is 1. The standard InChI is InChI=1S/C31H24F3N3O2/c1-19(20-7-3-2-4-8-20)35-30(39)28-18-22-17-24(15-16-27(22)37-28)36-29(38)26-10-6-5-9-25(26)21-11-13-23(14-12-21)31(32,33)34/h2-19,37H,1H3,(H,35,39)(H,36,38). The minimum absolute atomic E-state index is 0.176. The van der Waals surface area contributed by atoms with Crippen molar-refractivity contribution >= 4 is 28.4 Å². The van der Waals surface area contributed by atoms with Crippen LogP contribution < -0.4 is 10.6 Å². The van der Waals surface area contributed by atoms with Crippen LogP contribution in [0.2, 0.25) is 0 Å². The van der Waals surface area contributed by atoms with Gasteiger partial charge in [-0.3, -0.25) is 9.59 Å². The SMILES string of the molecule is CC(NC(=O)c1cc2cc(NC(=O)c3ccccc3-c3ccc(C(F)(F)F)cc3)ccc2[nH]1)c1ccccc1. The minimum atomic E-state index is -4.44. The molecule has 1 aromatic heterocycles. The molecule has 196 valence electrons. The second kappa shape index (κ2) is 10.5. The van der Waals surface area contributed by atoms with Crippen LogP contribution in [0.3, 0.4) is 0 Å². The average molecular weight is 528 g/mol. The predicted octanol–water partition coefficient (Wildman–Crippen LogP) is 7.60. The Kier molecular flexibility index (Phi) is 6.94. The second-order valence-corrected chi connectivity index (χ2v) is 9.17. The number of alkyl halides is 3. The Hall–Kier alpha value is -4.85. The summed E-state index contributed by atoms with van der Waals surface area (Å²) in [6, 6.07) is 27.8. The van der Waals surface area contributed by atoms with Crippen molar-refractivity contribution in [1.29, 1.82) is 0 Å². The molecule has 2 amide bonds. The number of H-pyrrole nitrogens is 1. The molecular weight excluding hydrogens is 503 g/mol. The summed E-state index contributed by atoms with van der Waals surface area (Å²) in [7, 11) is 0. The molecule has 1 unspecified atom stereocenters. The quantitative estimate of drug-likeness (QED) is 0.213. The molecule has 0 aliphatic carbocycles. The molecule has 8 heteroatoms. The topological polar surface area (TPSA) is 74.0 Å². The maximum absolute atomic E-state index is 13.2. The van der Waals surface area contributed by atoms with Gasteiger partial charge in [0.2, 0.25) is 0 Å². The highest BCUT2D eigenvalue weighted by atomic mass is 19.4. The number of benzene rings is 4. The number of hydrogen-bond acceptors (Lipinski definition) is 2. The van der Waals surface area contributed by atoms with Gasteiger partial charge in [-0.2, -0.15) is 13.2 Å². The number of hydrogen-bond donors (Lipinski definition) is 3. The molecule has 0 bridgehead atoms. The Bertz CT molecular complexity index is 1640. The van der Waals surface area contributed by atoms with Crippen molar-refractivity contribution in [2.45, 2.75) is 19.1 Å². The first-order valence-corrected chi connectivity index (χ1v) is 12.3. The van der Waals surface area contributed by atoms with Crippen LogP contribution in [0.1, 0.15) is 44.9 Å². The molecule has 0 aliphatic heterocycles. The molecule has 5 aromatic rings. The highest BCUT2D eigenvalue weighted by Crippen LogP contribution is 2.32. The van der Waals surface area contributed by atoms with E-state index in [2.05, 4.69) is 15.6 Å². The molecule has 0 saturated heterocycles. The van der Waals surface area contributed by atoms with Gasteiger partial charge in [-0.05, 0) is 66.1 Å². The molecule has 0 fully saturated rings. The van der Waals surface area contributed by atoms with E-state index in [-0.39, 0.29) is 11.9 Å². The average Bonchev–Trinajstić information content (AvgIpc) is 3.37. The fourth-order valence-electron chi connectivity index (χ4n) is 4.40. The predicted molar refractivity (Wildman–Crippen MR) is 145 cm³/mol. The Morgan fingerprint density at radius 2 is 1.49 bits per heavy atom. The smallest absolute Gasteiger partial charge is 0.351 e. The molecule has 0 radical (unpaired) electrons. The molecule has 5 rings (SSSR count). The molecule has 0 spiro atoms. The Morgan fingerprint density at radius 1 is 0.795 bits per heavy atom. The van der Waals surface area contributed by atoms with Gasteiger partial charge in [0, 0.05) is 22.2 Å². The van der Waals surface area contributed by atoms with E-state index in [1.165, 1.54) is 12.1 Å². The summed E-state index contributed by atoms with van der Waals surface area (Å²) in [6.07, 6.45) is -4.44. The van der Waals surface area contributed by atoms with E-state index >= 15 is 0 Å². The number of fused-ring (bicyclic) bond motifs is 1. The molecule has 0 saturated carbocycles. The summed E-state index contributed by atoms with van der Waals surface area (Å²) in [5.41, 5.74) is 3.20. The monoisotopic (exact) mass is 527 g/mol. The van der Waals surface area contributed by atoms with Crippen molar-refractivity contribution < 1.29 is 22.8 Å². The van der Waals surface area contributed by atoms with Crippen LogP contribution in [0, 0.1) is 0 Å². The largest absolute Gasteiger partial charge is 0.416 e. The van der Waals surface area contributed by atoms with E-state index in [9.17, 15) is 22.8 Å². The van der Waals surface area contributed by atoms with Gasteiger partial charge in [0.15, 0.2) is 0 Å². The lowest BCUT2D eigenvalue weighted by atomic mass is 9.98. The summed E-state index contributed by atoms with van der Waals surface area (Å²) in [5.74, 6) is -0.659. The third-order valence-corrected chi connectivity index (χ3v) is 6.47. The van der Waals surface area contributed by atoms with Gasteiger partial charge in [-0.15, -0.1) is 0 Å². The summed E-state index contributed by atoms with van der Waals surface area (Å²) < 4.78 is 38.9. The number of aromatic nitrogens is 1. The first-order chi connectivity index (χ1) is 18.7. The third kappa shape index (κ3) is 5.70. The zero-order valence-electron chi connectivity index (χ0n) is 20.8. The zero-order chi connectivity index (χ0) is 27.6. The first kappa shape index (κ1) is 25.8. The molecule has 0 aliphatic rings. The van der Waals surface area contributed by atoms with Crippen LogP contribution in [0.4, 0.5) is 18.9 Å². The maximum Gasteiger partial charge on any atom is 0.416 e. The van der Waals surface area contributed by atoms with Gasteiger partial charge in [0.1, 0.15) is 5.69 Å².